The Morgan fingerprint density at radius 2 is 1.86 bits per heavy atom. The maximum Gasteiger partial charge on any atom is 0.0257 e. The first-order valence-corrected chi connectivity index (χ1v) is 5.79. The summed E-state index contributed by atoms with van der Waals surface area (Å²) >= 11 is 5.96. The zero-order valence-corrected chi connectivity index (χ0v) is 10.0. The summed E-state index contributed by atoms with van der Waals surface area (Å²) in [7, 11) is 0. The van der Waals surface area contributed by atoms with Gasteiger partial charge in [-0.05, 0) is 36.3 Å². The van der Waals surface area contributed by atoms with Crippen LogP contribution in [0, 0.1) is 18.8 Å². The van der Waals surface area contributed by atoms with E-state index in [0.29, 0.717) is 11.8 Å². The molecule has 0 fully saturated rings. The third-order valence-electron chi connectivity index (χ3n) is 2.88. The van der Waals surface area contributed by atoms with Crippen molar-refractivity contribution < 1.29 is 0 Å². The third kappa shape index (κ3) is 3.02. The Labute approximate surface area is 92.3 Å². The Balaban J connectivity index is 2.72. The number of hydrogen-bond acceptors (Lipinski definition) is 0. The quantitative estimate of drug-likeness (QED) is 0.658. The van der Waals surface area contributed by atoms with Crippen LogP contribution in [0.25, 0.3) is 0 Å². The van der Waals surface area contributed by atoms with Gasteiger partial charge >= 0.3 is 0 Å². The smallest absolute Gasteiger partial charge is 0.0257 e. The average molecular weight is 211 g/mol. The van der Waals surface area contributed by atoms with Gasteiger partial charge in [0.1, 0.15) is 0 Å². The molecule has 0 bridgehead atoms. The van der Waals surface area contributed by atoms with Crippen molar-refractivity contribution in [2.75, 3.05) is 5.88 Å². The minimum atomic E-state index is 0.595. The summed E-state index contributed by atoms with van der Waals surface area (Å²) in [6, 6.07) is 8.57. The van der Waals surface area contributed by atoms with E-state index in [1.54, 1.807) is 0 Å². The van der Waals surface area contributed by atoms with Gasteiger partial charge in [-0.2, -0.15) is 0 Å². The molecule has 14 heavy (non-hydrogen) atoms. The van der Waals surface area contributed by atoms with E-state index >= 15 is 0 Å². The lowest BCUT2D eigenvalue weighted by molar-refractivity contribution is 0.422. The average Bonchev–Trinajstić information content (AvgIpc) is 2.16. The zero-order chi connectivity index (χ0) is 10.6. The highest BCUT2D eigenvalue weighted by atomic mass is 35.5. The molecule has 0 nitrogen and oxygen atoms in total. The Morgan fingerprint density at radius 1 is 1.21 bits per heavy atom. The molecule has 0 aromatic heterocycles. The van der Waals surface area contributed by atoms with Gasteiger partial charge in [0.15, 0.2) is 0 Å². The Bertz CT molecular complexity index is 278. The van der Waals surface area contributed by atoms with E-state index in [2.05, 4.69) is 45.0 Å². The Hall–Kier alpha value is -0.490. The molecule has 0 spiro atoms. The van der Waals surface area contributed by atoms with Crippen LogP contribution in [-0.2, 0) is 6.42 Å². The molecule has 0 aliphatic heterocycles. The highest BCUT2D eigenvalue weighted by molar-refractivity contribution is 6.18. The first-order valence-electron chi connectivity index (χ1n) is 5.25. The summed E-state index contributed by atoms with van der Waals surface area (Å²) in [6.45, 7) is 6.65. The number of rotatable bonds is 4. The molecule has 1 aromatic carbocycles. The van der Waals surface area contributed by atoms with Crippen molar-refractivity contribution in [1.29, 1.82) is 0 Å². The molecule has 1 atom stereocenters. The molecular weight excluding hydrogens is 192 g/mol. The lowest BCUT2D eigenvalue weighted by Gasteiger charge is -2.18. The summed E-state index contributed by atoms with van der Waals surface area (Å²) in [5.41, 5.74) is 2.81. The van der Waals surface area contributed by atoms with Gasteiger partial charge in [-0.3, -0.25) is 0 Å². The fourth-order valence-corrected chi connectivity index (χ4v) is 2.06. The molecule has 0 aliphatic rings. The van der Waals surface area contributed by atoms with Crippen LogP contribution < -0.4 is 0 Å². The molecule has 0 N–H and O–H groups in total. The van der Waals surface area contributed by atoms with Gasteiger partial charge in [-0.25, -0.2) is 0 Å². The molecule has 0 saturated heterocycles. The van der Waals surface area contributed by atoms with Crippen LogP contribution in [-0.4, -0.2) is 5.88 Å². The number of aryl methyl sites for hydroxylation is 1. The Morgan fingerprint density at radius 3 is 2.36 bits per heavy atom. The van der Waals surface area contributed by atoms with Crippen LogP contribution in [0.4, 0.5) is 0 Å². The molecule has 0 aliphatic carbocycles. The van der Waals surface area contributed by atoms with Crippen LogP contribution >= 0.6 is 11.6 Å². The molecule has 0 heterocycles. The fourth-order valence-electron chi connectivity index (χ4n) is 1.59. The predicted molar refractivity (Wildman–Crippen MR) is 63.9 cm³/mol. The SMILES string of the molecule is Cc1ccccc1CC(CCl)C(C)C. The van der Waals surface area contributed by atoms with E-state index in [1.165, 1.54) is 11.1 Å². The molecular formula is C13H19Cl. The first kappa shape index (κ1) is 11.6. The van der Waals surface area contributed by atoms with E-state index < -0.39 is 0 Å². The van der Waals surface area contributed by atoms with Gasteiger partial charge in [0.25, 0.3) is 0 Å². The van der Waals surface area contributed by atoms with E-state index in [9.17, 15) is 0 Å². The van der Waals surface area contributed by atoms with Crippen molar-refractivity contribution in [3.63, 3.8) is 0 Å². The molecule has 1 unspecified atom stereocenters. The van der Waals surface area contributed by atoms with Crippen LogP contribution in [0.2, 0.25) is 0 Å². The normalized spacial score (nSPS) is 13.2. The van der Waals surface area contributed by atoms with E-state index in [1.807, 2.05) is 0 Å². The summed E-state index contributed by atoms with van der Waals surface area (Å²) in [6.07, 6.45) is 1.10. The molecule has 1 rings (SSSR count). The summed E-state index contributed by atoms with van der Waals surface area (Å²) in [4.78, 5) is 0. The van der Waals surface area contributed by atoms with Crippen molar-refractivity contribution in [3.8, 4) is 0 Å². The Kier molecular flexibility index (Phi) is 4.47. The standard InChI is InChI=1S/C13H19Cl/c1-10(2)13(9-14)8-12-7-5-4-6-11(12)3/h4-7,10,13H,8-9H2,1-3H3. The van der Waals surface area contributed by atoms with E-state index in [-0.39, 0.29) is 0 Å². The number of hydrogen-bond donors (Lipinski definition) is 0. The largest absolute Gasteiger partial charge is 0.126 e. The predicted octanol–water partition coefficient (Wildman–Crippen LogP) is 4.05. The van der Waals surface area contributed by atoms with E-state index in [4.69, 9.17) is 11.6 Å². The molecule has 1 heteroatoms. The second-order valence-electron chi connectivity index (χ2n) is 4.29. The van der Waals surface area contributed by atoms with Gasteiger partial charge in [-0.1, -0.05) is 38.1 Å². The molecule has 0 saturated carbocycles. The molecule has 1 aromatic rings. The van der Waals surface area contributed by atoms with Gasteiger partial charge in [0.2, 0.25) is 0 Å². The second-order valence-corrected chi connectivity index (χ2v) is 4.60. The van der Waals surface area contributed by atoms with Crippen molar-refractivity contribution in [3.05, 3.63) is 35.4 Å². The minimum Gasteiger partial charge on any atom is -0.126 e. The number of alkyl halides is 1. The van der Waals surface area contributed by atoms with Crippen molar-refractivity contribution in [2.45, 2.75) is 27.2 Å². The summed E-state index contributed by atoms with van der Waals surface area (Å²) in [5, 5.41) is 0. The monoisotopic (exact) mass is 210 g/mol. The highest BCUT2D eigenvalue weighted by Gasteiger charge is 2.13. The maximum atomic E-state index is 5.96. The van der Waals surface area contributed by atoms with Gasteiger partial charge in [0, 0.05) is 5.88 Å². The van der Waals surface area contributed by atoms with Crippen LogP contribution in [0.5, 0.6) is 0 Å². The van der Waals surface area contributed by atoms with Gasteiger partial charge in [0.05, 0.1) is 0 Å². The van der Waals surface area contributed by atoms with Gasteiger partial charge in [-0.15, -0.1) is 11.6 Å². The lowest BCUT2D eigenvalue weighted by Crippen LogP contribution is -2.14. The molecule has 0 radical (unpaired) electrons. The van der Waals surface area contributed by atoms with Crippen molar-refractivity contribution in [1.82, 2.24) is 0 Å². The van der Waals surface area contributed by atoms with Crippen molar-refractivity contribution >= 4 is 11.6 Å². The zero-order valence-electron chi connectivity index (χ0n) is 9.26. The summed E-state index contributed by atoms with van der Waals surface area (Å²) in [5.74, 6) is 2.01. The highest BCUT2D eigenvalue weighted by Crippen LogP contribution is 2.20. The number of benzene rings is 1. The summed E-state index contributed by atoms with van der Waals surface area (Å²) < 4.78 is 0. The fraction of sp³-hybridized carbons (Fsp3) is 0.538. The topological polar surface area (TPSA) is 0 Å². The van der Waals surface area contributed by atoms with Crippen LogP contribution in [0.1, 0.15) is 25.0 Å². The van der Waals surface area contributed by atoms with Gasteiger partial charge < -0.3 is 0 Å². The van der Waals surface area contributed by atoms with Crippen molar-refractivity contribution in [2.24, 2.45) is 11.8 Å². The maximum absolute atomic E-state index is 5.96. The molecule has 0 amide bonds. The van der Waals surface area contributed by atoms with E-state index in [0.717, 1.165) is 12.3 Å². The van der Waals surface area contributed by atoms with Crippen LogP contribution in [0.15, 0.2) is 24.3 Å². The molecule has 78 valence electrons. The number of halogens is 1. The first-order chi connectivity index (χ1) is 6.65. The third-order valence-corrected chi connectivity index (χ3v) is 3.28. The van der Waals surface area contributed by atoms with Crippen LogP contribution in [0.3, 0.4) is 0 Å². The second kappa shape index (κ2) is 5.41. The minimum absolute atomic E-state index is 0.595. The lowest BCUT2D eigenvalue weighted by atomic mass is 9.89.